The van der Waals surface area contributed by atoms with Crippen LogP contribution in [0.3, 0.4) is 0 Å². The maximum atomic E-state index is 14.2. The number of benzene rings is 1. The zero-order chi connectivity index (χ0) is 57.2. The molecule has 0 spiro atoms. The van der Waals surface area contributed by atoms with Crippen molar-refractivity contribution < 1.29 is 80.8 Å². The van der Waals surface area contributed by atoms with Crippen LogP contribution >= 0.6 is 0 Å². The van der Waals surface area contributed by atoms with Crippen LogP contribution < -0.4 is 70.4 Å². The Balaban J connectivity index is 0.00000535. The second kappa shape index (κ2) is 33.5. The maximum Gasteiger partial charge on any atom is 0.394 e. The zero-order valence-electron chi connectivity index (χ0n) is 42.4. The molecule has 424 valence electrons. The van der Waals surface area contributed by atoms with Gasteiger partial charge in [-0.15, -0.1) is 0 Å². The Morgan fingerprint density at radius 3 is 1.53 bits per heavy atom. The number of nitrogens with one attached hydrogen (secondary N) is 10. The molecule has 1 fully saturated rings. The second-order valence-corrected chi connectivity index (χ2v) is 18.7. The van der Waals surface area contributed by atoms with E-state index in [0.717, 1.165) is 6.92 Å². The number of hydrogen-bond acceptors (Lipinski definition) is 18. The molecule has 0 aliphatic carbocycles. The molecule has 31 heteroatoms. The standard InChI is InChI=1S/C44H73N13O13.H2O4S/c1-22(2)19-31-40(66)52-27(11-15-45)36(62)51-29(13-17-47)39(65)57-34(23(3)59)43(69)48-18-14-30(53-42(68)33(21-58)56-44(70)35(24(4)60)49-25(5)61)38(64)50-28(12-16-46)37(63)55-32(41(67)54-31)20-26-9-7-6-8-10-26;1-5(2,3)4/h6-10,22-24,27-35,58-60H,11-21,45-47H2,1-5H3,(H,48,69)(H,49,61)(H,50,64)(H,51,62)(H,52,66)(H,53,68)(H,54,67)(H,55,63)(H,56,70)(H,57,65);(H2,1,2,3,4)/t23-,24-,27+,28+,29+,30+,31+,32-,33-,34+,35+;/m1./s1. The second-order valence-electron chi connectivity index (χ2n) is 17.8. The van der Waals surface area contributed by atoms with Gasteiger partial charge >= 0.3 is 10.4 Å². The Labute approximate surface area is 433 Å². The van der Waals surface area contributed by atoms with Gasteiger partial charge in [-0.25, -0.2) is 0 Å². The van der Waals surface area contributed by atoms with Crippen molar-refractivity contribution in [3.63, 3.8) is 0 Å². The predicted molar refractivity (Wildman–Crippen MR) is 266 cm³/mol. The molecule has 21 N–H and O–H groups in total. The van der Waals surface area contributed by atoms with Gasteiger partial charge in [0.05, 0.1) is 18.8 Å². The first-order valence-electron chi connectivity index (χ1n) is 23.9. The van der Waals surface area contributed by atoms with Crippen LogP contribution in [-0.2, 0) is 64.8 Å². The lowest BCUT2D eigenvalue weighted by molar-refractivity contribution is -0.136. The fourth-order valence-corrected chi connectivity index (χ4v) is 7.16. The van der Waals surface area contributed by atoms with Crippen LogP contribution in [0.15, 0.2) is 30.3 Å². The summed E-state index contributed by atoms with van der Waals surface area (Å²) < 4.78 is 31.6. The molecule has 1 aromatic carbocycles. The van der Waals surface area contributed by atoms with Crippen LogP contribution in [0.2, 0.25) is 0 Å². The number of aliphatic hydroxyl groups excluding tert-OH is 3. The molecule has 10 amide bonds. The van der Waals surface area contributed by atoms with Crippen molar-refractivity contribution in [2.24, 2.45) is 23.1 Å². The minimum atomic E-state index is -4.67. The molecule has 11 atom stereocenters. The lowest BCUT2D eigenvalue weighted by atomic mass is 10.00. The monoisotopic (exact) mass is 1090 g/mol. The van der Waals surface area contributed by atoms with Crippen molar-refractivity contribution in [1.29, 1.82) is 0 Å². The van der Waals surface area contributed by atoms with Gasteiger partial charge in [-0.3, -0.25) is 57.1 Å². The molecular formula is C44H75N13O17S. The van der Waals surface area contributed by atoms with Gasteiger partial charge < -0.3 is 85.7 Å². The molecule has 1 aliphatic heterocycles. The Morgan fingerprint density at radius 2 is 1.09 bits per heavy atom. The maximum absolute atomic E-state index is 14.2. The average molecular weight is 1090 g/mol. The van der Waals surface area contributed by atoms with Crippen molar-refractivity contribution in [2.75, 3.05) is 32.8 Å². The first kappa shape index (κ1) is 66.6. The summed E-state index contributed by atoms with van der Waals surface area (Å²) in [6.45, 7) is 5.08. The van der Waals surface area contributed by atoms with Gasteiger partial charge in [-0.05, 0) is 77.1 Å². The summed E-state index contributed by atoms with van der Waals surface area (Å²) in [4.78, 5) is 136. The summed E-state index contributed by atoms with van der Waals surface area (Å²) in [6.07, 6.45) is -4.04. The summed E-state index contributed by atoms with van der Waals surface area (Å²) >= 11 is 0. The van der Waals surface area contributed by atoms with E-state index < -0.39 is 156 Å². The van der Waals surface area contributed by atoms with Crippen molar-refractivity contribution >= 4 is 69.5 Å². The van der Waals surface area contributed by atoms with Crippen LogP contribution in [0.25, 0.3) is 0 Å². The molecule has 1 aliphatic rings. The molecule has 1 saturated heterocycles. The summed E-state index contributed by atoms with van der Waals surface area (Å²) in [5.41, 5.74) is 18.1. The Hall–Kier alpha value is -6.45. The molecule has 0 unspecified atom stereocenters. The summed E-state index contributed by atoms with van der Waals surface area (Å²) in [7, 11) is -4.67. The third-order valence-corrected chi connectivity index (χ3v) is 10.9. The molecule has 0 aromatic heterocycles. The van der Waals surface area contributed by atoms with Crippen molar-refractivity contribution in [3.8, 4) is 0 Å². The fourth-order valence-electron chi connectivity index (χ4n) is 7.16. The molecule has 1 heterocycles. The lowest BCUT2D eigenvalue weighted by Crippen LogP contribution is -2.61. The van der Waals surface area contributed by atoms with Gasteiger partial charge in [0, 0.05) is 19.9 Å². The van der Waals surface area contributed by atoms with E-state index in [9.17, 15) is 63.3 Å². The Bertz CT molecular complexity index is 2180. The SMILES string of the molecule is CC(=O)N[C@H](C(=O)N[C@H](CO)C(=O)N[C@H]1CCNC(=O)[C@H]([C@@H](C)O)NC(=O)[C@H](CCN)NC(=O)[C@H](CCN)NC(=O)[C@H](CC(C)C)NC(=O)[C@@H](Cc2ccccc2)NC(=O)[C@H](CCN)NC1=O)[C@@H](C)O.O=S(=O)(O)O. The van der Waals surface area contributed by atoms with Gasteiger partial charge in [0.25, 0.3) is 0 Å². The summed E-state index contributed by atoms with van der Waals surface area (Å²) in [6, 6.07) is -5.08. The summed E-state index contributed by atoms with van der Waals surface area (Å²) in [5.74, 6) is -9.53. The molecule has 0 radical (unpaired) electrons. The molecule has 0 saturated carbocycles. The summed E-state index contributed by atoms with van der Waals surface area (Å²) in [5, 5.41) is 55.4. The van der Waals surface area contributed by atoms with E-state index >= 15 is 0 Å². The van der Waals surface area contributed by atoms with Crippen molar-refractivity contribution in [2.45, 2.75) is 140 Å². The smallest absolute Gasteiger partial charge is 0.394 e. The minimum absolute atomic E-state index is 0.0533. The molecule has 75 heavy (non-hydrogen) atoms. The van der Waals surface area contributed by atoms with Crippen LogP contribution in [0.1, 0.15) is 72.3 Å². The molecule has 1 aromatic rings. The number of hydrogen-bond donors (Lipinski definition) is 18. The zero-order valence-corrected chi connectivity index (χ0v) is 43.2. The van der Waals surface area contributed by atoms with Crippen LogP contribution in [-0.4, -0.2) is 191 Å². The molecule has 0 bridgehead atoms. The van der Waals surface area contributed by atoms with E-state index in [1.54, 1.807) is 44.2 Å². The van der Waals surface area contributed by atoms with Crippen molar-refractivity contribution in [1.82, 2.24) is 53.2 Å². The fraction of sp³-hybridized carbons (Fsp3) is 0.636. The highest BCUT2D eigenvalue weighted by Crippen LogP contribution is 2.11. The molecular weight excluding hydrogens is 1010 g/mol. The topological polar surface area (TPSA) is 504 Å². The van der Waals surface area contributed by atoms with Gasteiger partial charge in [0.2, 0.25) is 59.1 Å². The van der Waals surface area contributed by atoms with Crippen LogP contribution in [0.4, 0.5) is 0 Å². The predicted octanol–water partition coefficient (Wildman–Crippen LogP) is -7.67. The third kappa shape index (κ3) is 25.6. The Kier molecular flexibility index (Phi) is 29.7. The number of carbonyl (C=O) groups is 10. The quantitative estimate of drug-likeness (QED) is 0.0607. The van der Waals surface area contributed by atoms with Gasteiger partial charge in [0.15, 0.2) is 0 Å². The van der Waals surface area contributed by atoms with Crippen LogP contribution in [0.5, 0.6) is 0 Å². The number of aliphatic hydroxyl groups is 3. The largest absolute Gasteiger partial charge is 0.394 e. The third-order valence-electron chi connectivity index (χ3n) is 10.9. The minimum Gasteiger partial charge on any atom is -0.394 e. The number of carbonyl (C=O) groups excluding carboxylic acids is 10. The van der Waals surface area contributed by atoms with E-state index in [2.05, 4.69) is 53.2 Å². The average Bonchev–Trinajstić information content (AvgIpc) is 3.31. The van der Waals surface area contributed by atoms with E-state index in [4.69, 9.17) is 34.7 Å². The van der Waals surface area contributed by atoms with Crippen LogP contribution in [0, 0.1) is 5.92 Å². The normalized spacial score (nSPS) is 23.5. The number of rotatable bonds is 18. The van der Waals surface area contributed by atoms with Gasteiger partial charge in [-0.1, -0.05) is 44.2 Å². The molecule has 30 nitrogen and oxygen atoms in total. The lowest BCUT2D eigenvalue weighted by Gasteiger charge is -2.28. The van der Waals surface area contributed by atoms with E-state index in [-0.39, 0.29) is 57.7 Å². The number of amides is 10. The van der Waals surface area contributed by atoms with E-state index in [1.165, 1.54) is 13.8 Å². The first-order valence-corrected chi connectivity index (χ1v) is 25.3. The molecule has 2 rings (SSSR count). The van der Waals surface area contributed by atoms with Gasteiger partial charge in [0.1, 0.15) is 54.4 Å². The van der Waals surface area contributed by atoms with E-state index in [0.29, 0.717) is 5.56 Å². The highest BCUT2D eigenvalue weighted by Gasteiger charge is 2.36. The first-order chi connectivity index (χ1) is 35.1. The van der Waals surface area contributed by atoms with Gasteiger partial charge in [-0.2, -0.15) is 8.42 Å². The number of nitrogens with two attached hydrogens (primary N) is 3. The van der Waals surface area contributed by atoms with E-state index in [1.807, 2.05) is 0 Å². The van der Waals surface area contributed by atoms with Crippen molar-refractivity contribution in [3.05, 3.63) is 35.9 Å². The highest BCUT2D eigenvalue weighted by molar-refractivity contribution is 7.79. The highest BCUT2D eigenvalue weighted by atomic mass is 32.3. The Morgan fingerprint density at radius 1 is 0.653 bits per heavy atom.